The highest BCUT2D eigenvalue weighted by atomic mass is 14.8. The lowest BCUT2D eigenvalue weighted by atomic mass is 9.92. The third-order valence-electron chi connectivity index (χ3n) is 1.97. The second kappa shape index (κ2) is 2.46. The summed E-state index contributed by atoms with van der Waals surface area (Å²) in [4.78, 5) is 0. The zero-order valence-corrected chi connectivity index (χ0v) is 5.27. The van der Waals surface area contributed by atoms with Crippen LogP contribution in [-0.2, 0) is 0 Å². The number of rotatable bonds is 0. The van der Waals surface area contributed by atoms with Gasteiger partial charge >= 0.3 is 0 Å². The first-order chi connectivity index (χ1) is 3.80. The van der Waals surface area contributed by atoms with E-state index in [1.807, 2.05) is 0 Å². The van der Waals surface area contributed by atoms with Crippen molar-refractivity contribution in [1.29, 1.82) is 0 Å². The molecule has 1 aliphatic rings. The molecule has 2 unspecified atom stereocenters. The summed E-state index contributed by atoms with van der Waals surface area (Å²) in [7, 11) is 0. The van der Waals surface area contributed by atoms with Gasteiger partial charge in [0.05, 0.1) is 12.1 Å². The molecular weight excluding hydrogens is 100 g/mol. The summed E-state index contributed by atoms with van der Waals surface area (Å²) in [5.41, 5.74) is 9.67. The Kier molecular flexibility index (Phi) is 1.86. The van der Waals surface area contributed by atoms with Crippen molar-refractivity contribution >= 4 is 0 Å². The lowest BCUT2D eigenvalue weighted by molar-refractivity contribution is -0.429. The number of hydrogen-bond donors (Lipinski definition) is 2. The van der Waals surface area contributed by atoms with Gasteiger partial charge in [-0.15, -0.1) is 0 Å². The highest BCUT2D eigenvalue weighted by Gasteiger charge is 2.19. The SMILES string of the molecule is NC1CCCCC1[NH3+]. The van der Waals surface area contributed by atoms with E-state index in [-0.39, 0.29) is 0 Å². The first kappa shape index (κ1) is 6.05. The number of nitrogens with two attached hydrogens (primary N) is 1. The van der Waals surface area contributed by atoms with Crippen molar-refractivity contribution in [2.24, 2.45) is 5.73 Å². The van der Waals surface area contributed by atoms with E-state index in [1.54, 1.807) is 0 Å². The number of quaternary nitrogens is 1. The van der Waals surface area contributed by atoms with Crippen LogP contribution in [0.2, 0.25) is 0 Å². The highest BCUT2D eigenvalue weighted by molar-refractivity contribution is 4.75. The van der Waals surface area contributed by atoms with Gasteiger partial charge in [0.1, 0.15) is 0 Å². The van der Waals surface area contributed by atoms with Crippen LogP contribution < -0.4 is 11.5 Å². The molecule has 0 aromatic rings. The molecule has 0 aromatic heterocycles. The first-order valence-electron chi connectivity index (χ1n) is 3.39. The smallest absolute Gasteiger partial charge is 0.0996 e. The minimum Gasteiger partial charge on any atom is -0.354 e. The third kappa shape index (κ3) is 1.20. The molecule has 0 spiro atoms. The van der Waals surface area contributed by atoms with E-state index in [1.165, 1.54) is 25.7 Å². The fourth-order valence-corrected chi connectivity index (χ4v) is 1.24. The van der Waals surface area contributed by atoms with Crippen molar-refractivity contribution in [1.82, 2.24) is 0 Å². The summed E-state index contributed by atoms with van der Waals surface area (Å²) < 4.78 is 0. The van der Waals surface area contributed by atoms with E-state index in [4.69, 9.17) is 5.73 Å². The molecule has 0 heterocycles. The summed E-state index contributed by atoms with van der Waals surface area (Å²) in [5, 5.41) is 0. The van der Waals surface area contributed by atoms with Gasteiger partial charge in [-0.05, 0) is 12.8 Å². The Morgan fingerprint density at radius 2 is 1.88 bits per heavy atom. The molecule has 48 valence electrons. The Bertz CT molecular complexity index is 62.9. The molecule has 5 N–H and O–H groups in total. The van der Waals surface area contributed by atoms with E-state index < -0.39 is 0 Å². The zero-order valence-electron chi connectivity index (χ0n) is 5.27. The summed E-state index contributed by atoms with van der Waals surface area (Å²) in [6.45, 7) is 0. The first-order valence-corrected chi connectivity index (χ1v) is 3.39. The molecule has 0 bridgehead atoms. The average molecular weight is 115 g/mol. The maximum Gasteiger partial charge on any atom is 0.0996 e. The lowest BCUT2D eigenvalue weighted by Gasteiger charge is -2.21. The van der Waals surface area contributed by atoms with Gasteiger partial charge in [0.25, 0.3) is 0 Å². The molecule has 1 fully saturated rings. The molecule has 1 saturated carbocycles. The van der Waals surface area contributed by atoms with Crippen molar-refractivity contribution in [3.05, 3.63) is 0 Å². The van der Waals surface area contributed by atoms with Crippen LogP contribution in [0.15, 0.2) is 0 Å². The molecule has 1 rings (SSSR count). The molecule has 0 radical (unpaired) electrons. The largest absolute Gasteiger partial charge is 0.354 e. The normalized spacial score (nSPS) is 39.8. The monoisotopic (exact) mass is 115 g/mol. The van der Waals surface area contributed by atoms with Gasteiger partial charge in [-0.1, -0.05) is 6.42 Å². The quantitative estimate of drug-likeness (QED) is 0.439. The average Bonchev–Trinajstić information content (AvgIpc) is 1.77. The summed E-state index contributed by atoms with van der Waals surface area (Å²) in [5.74, 6) is 0. The maximum absolute atomic E-state index is 5.72. The zero-order chi connectivity index (χ0) is 5.98. The van der Waals surface area contributed by atoms with Crippen LogP contribution in [0.4, 0.5) is 0 Å². The molecule has 0 aromatic carbocycles. The molecule has 2 atom stereocenters. The Morgan fingerprint density at radius 1 is 1.25 bits per heavy atom. The minimum atomic E-state index is 0.392. The summed E-state index contributed by atoms with van der Waals surface area (Å²) >= 11 is 0. The van der Waals surface area contributed by atoms with Crippen LogP contribution in [0.25, 0.3) is 0 Å². The van der Waals surface area contributed by atoms with E-state index in [0.29, 0.717) is 12.1 Å². The van der Waals surface area contributed by atoms with Gasteiger partial charge in [-0.25, -0.2) is 0 Å². The highest BCUT2D eigenvalue weighted by Crippen LogP contribution is 2.13. The molecule has 0 amide bonds. The van der Waals surface area contributed by atoms with E-state index in [0.717, 1.165) is 0 Å². The van der Waals surface area contributed by atoms with Gasteiger partial charge in [-0.2, -0.15) is 0 Å². The minimum absolute atomic E-state index is 0.392. The fraction of sp³-hybridized carbons (Fsp3) is 1.00. The van der Waals surface area contributed by atoms with Crippen LogP contribution in [0, 0.1) is 0 Å². The third-order valence-corrected chi connectivity index (χ3v) is 1.97. The van der Waals surface area contributed by atoms with Crippen LogP contribution in [0.1, 0.15) is 25.7 Å². The molecule has 2 nitrogen and oxygen atoms in total. The van der Waals surface area contributed by atoms with Crippen molar-refractivity contribution in [2.45, 2.75) is 37.8 Å². The van der Waals surface area contributed by atoms with Gasteiger partial charge < -0.3 is 11.5 Å². The predicted octanol–water partition coefficient (Wildman–Crippen LogP) is -0.502. The Balaban J connectivity index is 2.28. The van der Waals surface area contributed by atoms with Gasteiger partial charge in [0.15, 0.2) is 0 Å². The van der Waals surface area contributed by atoms with E-state index >= 15 is 0 Å². The van der Waals surface area contributed by atoms with Crippen molar-refractivity contribution < 1.29 is 5.73 Å². The topological polar surface area (TPSA) is 53.7 Å². The Labute approximate surface area is 50.2 Å². The standard InChI is InChI=1S/C6H14N2/c7-5-3-1-2-4-6(5)8/h5-6H,1-4,7-8H2/p+1. The predicted molar refractivity (Wildman–Crippen MR) is 33.1 cm³/mol. The van der Waals surface area contributed by atoms with Gasteiger partial charge in [0.2, 0.25) is 0 Å². The lowest BCUT2D eigenvalue weighted by Crippen LogP contribution is -2.69. The second-order valence-corrected chi connectivity index (χ2v) is 2.71. The van der Waals surface area contributed by atoms with Crippen LogP contribution in [0.3, 0.4) is 0 Å². The number of hydrogen-bond acceptors (Lipinski definition) is 1. The second-order valence-electron chi connectivity index (χ2n) is 2.71. The van der Waals surface area contributed by atoms with Crippen molar-refractivity contribution in [2.75, 3.05) is 0 Å². The van der Waals surface area contributed by atoms with Crippen LogP contribution >= 0.6 is 0 Å². The summed E-state index contributed by atoms with van der Waals surface area (Å²) in [6, 6.07) is 0.924. The van der Waals surface area contributed by atoms with E-state index in [9.17, 15) is 0 Å². The molecule has 0 saturated heterocycles. The van der Waals surface area contributed by atoms with Crippen LogP contribution in [-0.4, -0.2) is 12.1 Å². The van der Waals surface area contributed by atoms with Crippen LogP contribution in [0.5, 0.6) is 0 Å². The maximum atomic E-state index is 5.72. The van der Waals surface area contributed by atoms with Gasteiger partial charge in [0, 0.05) is 6.42 Å². The summed E-state index contributed by atoms with van der Waals surface area (Å²) in [6.07, 6.45) is 5.07. The Hall–Kier alpha value is -0.0800. The van der Waals surface area contributed by atoms with Gasteiger partial charge in [-0.3, -0.25) is 0 Å². The fourth-order valence-electron chi connectivity index (χ4n) is 1.24. The van der Waals surface area contributed by atoms with E-state index in [2.05, 4.69) is 5.73 Å². The molecule has 0 aliphatic heterocycles. The van der Waals surface area contributed by atoms with Crippen molar-refractivity contribution in [3.8, 4) is 0 Å². The molecule has 2 heteroatoms. The molecule has 1 aliphatic carbocycles. The van der Waals surface area contributed by atoms with Crippen molar-refractivity contribution in [3.63, 3.8) is 0 Å². The molecular formula is C6H15N2+. The molecule has 8 heavy (non-hydrogen) atoms. The Morgan fingerprint density at radius 3 is 2.25 bits per heavy atom.